The second kappa shape index (κ2) is 6.38. The van der Waals surface area contributed by atoms with E-state index in [0.717, 1.165) is 6.42 Å². The van der Waals surface area contributed by atoms with E-state index in [1.54, 1.807) is 24.3 Å². The normalized spacial score (nSPS) is 23.2. The van der Waals surface area contributed by atoms with Gasteiger partial charge in [-0.2, -0.15) is 5.26 Å². The molecular weight excluding hydrogens is 236 g/mol. The van der Waals surface area contributed by atoms with E-state index in [1.807, 2.05) is 0 Å². The van der Waals surface area contributed by atoms with Gasteiger partial charge >= 0.3 is 0 Å². The van der Waals surface area contributed by atoms with E-state index in [4.69, 9.17) is 5.26 Å². The summed E-state index contributed by atoms with van der Waals surface area (Å²) >= 11 is 0. The van der Waals surface area contributed by atoms with Gasteiger partial charge in [-0.15, -0.1) is 0 Å². The SMILES string of the molecule is CC1CCCCCC1NC(=O)c1cccc(C#N)c1. The molecule has 3 nitrogen and oxygen atoms in total. The zero-order valence-electron chi connectivity index (χ0n) is 11.4. The molecule has 1 aliphatic rings. The largest absolute Gasteiger partial charge is 0.349 e. The molecule has 1 amide bonds. The molecule has 0 spiro atoms. The Kier molecular flexibility index (Phi) is 4.57. The van der Waals surface area contributed by atoms with Crippen molar-refractivity contribution in [2.75, 3.05) is 0 Å². The Labute approximate surface area is 114 Å². The predicted octanol–water partition coefficient (Wildman–Crippen LogP) is 3.26. The van der Waals surface area contributed by atoms with Crippen LogP contribution in [0.2, 0.25) is 0 Å². The van der Waals surface area contributed by atoms with Gasteiger partial charge in [0.2, 0.25) is 0 Å². The molecular formula is C16H20N2O. The number of carbonyl (C=O) groups is 1. The van der Waals surface area contributed by atoms with Gasteiger partial charge < -0.3 is 5.32 Å². The van der Waals surface area contributed by atoms with Crippen LogP contribution in [0.1, 0.15) is 54.9 Å². The molecule has 100 valence electrons. The Morgan fingerprint density at radius 1 is 1.32 bits per heavy atom. The van der Waals surface area contributed by atoms with Crippen molar-refractivity contribution in [3.8, 4) is 6.07 Å². The van der Waals surface area contributed by atoms with Gasteiger partial charge in [0.1, 0.15) is 0 Å². The number of carbonyl (C=O) groups excluding carboxylic acids is 1. The molecule has 2 atom stereocenters. The molecule has 2 unspecified atom stereocenters. The Morgan fingerprint density at radius 3 is 2.89 bits per heavy atom. The van der Waals surface area contributed by atoms with Gasteiger partial charge in [0.05, 0.1) is 11.6 Å². The first-order valence-corrected chi connectivity index (χ1v) is 7.01. The summed E-state index contributed by atoms with van der Waals surface area (Å²) in [4.78, 5) is 12.2. The van der Waals surface area contributed by atoms with Crippen molar-refractivity contribution >= 4 is 5.91 Å². The molecule has 19 heavy (non-hydrogen) atoms. The summed E-state index contributed by atoms with van der Waals surface area (Å²) in [5, 5.41) is 12.0. The molecule has 0 bridgehead atoms. The first-order valence-electron chi connectivity index (χ1n) is 7.01. The van der Waals surface area contributed by atoms with Gasteiger partial charge in [-0.1, -0.05) is 32.3 Å². The Balaban J connectivity index is 2.05. The van der Waals surface area contributed by atoms with E-state index in [-0.39, 0.29) is 11.9 Å². The maximum atomic E-state index is 12.2. The van der Waals surface area contributed by atoms with Gasteiger partial charge in [-0.3, -0.25) is 4.79 Å². The van der Waals surface area contributed by atoms with Gasteiger partial charge in [-0.05, 0) is 37.0 Å². The maximum Gasteiger partial charge on any atom is 0.251 e. The second-order valence-corrected chi connectivity index (χ2v) is 5.39. The molecule has 2 rings (SSSR count). The van der Waals surface area contributed by atoms with Crippen molar-refractivity contribution in [3.63, 3.8) is 0 Å². The quantitative estimate of drug-likeness (QED) is 0.826. The van der Waals surface area contributed by atoms with Gasteiger partial charge in [-0.25, -0.2) is 0 Å². The molecule has 1 aromatic rings. The second-order valence-electron chi connectivity index (χ2n) is 5.39. The van der Waals surface area contributed by atoms with Crippen LogP contribution in [0, 0.1) is 17.2 Å². The summed E-state index contributed by atoms with van der Waals surface area (Å²) in [6.07, 6.45) is 5.96. The number of benzene rings is 1. The first-order chi connectivity index (χ1) is 9.20. The van der Waals surface area contributed by atoms with Gasteiger partial charge in [0, 0.05) is 11.6 Å². The summed E-state index contributed by atoms with van der Waals surface area (Å²) in [6.45, 7) is 2.21. The standard InChI is InChI=1S/C16H20N2O/c1-12-6-3-2-4-9-15(12)18-16(19)14-8-5-7-13(10-14)11-17/h5,7-8,10,12,15H,2-4,6,9H2,1H3,(H,18,19). The molecule has 0 aliphatic heterocycles. The molecule has 1 aromatic carbocycles. The minimum atomic E-state index is -0.0594. The van der Waals surface area contributed by atoms with Crippen LogP contribution in [0.4, 0.5) is 0 Å². The molecule has 1 saturated carbocycles. The molecule has 0 saturated heterocycles. The third kappa shape index (κ3) is 3.57. The number of nitrogens with zero attached hydrogens (tertiary/aromatic N) is 1. The Morgan fingerprint density at radius 2 is 2.11 bits per heavy atom. The number of hydrogen-bond acceptors (Lipinski definition) is 2. The van der Waals surface area contributed by atoms with Crippen LogP contribution in [0.25, 0.3) is 0 Å². The highest BCUT2D eigenvalue weighted by Crippen LogP contribution is 2.23. The highest BCUT2D eigenvalue weighted by molar-refractivity contribution is 5.94. The van der Waals surface area contributed by atoms with Crippen molar-refractivity contribution < 1.29 is 4.79 Å². The van der Waals surface area contributed by atoms with Crippen molar-refractivity contribution in [2.24, 2.45) is 5.92 Å². The minimum Gasteiger partial charge on any atom is -0.349 e. The summed E-state index contributed by atoms with van der Waals surface area (Å²) in [5.41, 5.74) is 1.11. The number of nitriles is 1. The van der Waals surface area contributed by atoms with Crippen LogP contribution in [0.15, 0.2) is 24.3 Å². The zero-order valence-corrected chi connectivity index (χ0v) is 11.4. The lowest BCUT2D eigenvalue weighted by Crippen LogP contribution is -2.38. The minimum absolute atomic E-state index is 0.0594. The average molecular weight is 256 g/mol. The fourth-order valence-electron chi connectivity index (χ4n) is 2.69. The predicted molar refractivity (Wildman–Crippen MR) is 74.7 cm³/mol. The lowest BCUT2D eigenvalue weighted by molar-refractivity contribution is 0.0921. The third-order valence-corrected chi connectivity index (χ3v) is 3.93. The summed E-state index contributed by atoms with van der Waals surface area (Å²) in [6, 6.07) is 9.21. The van der Waals surface area contributed by atoms with Gasteiger partial charge in [0.25, 0.3) is 5.91 Å². The van der Waals surface area contributed by atoms with Crippen molar-refractivity contribution in [1.29, 1.82) is 5.26 Å². The highest BCUT2D eigenvalue weighted by Gasteiger charge is 2.22. The summed E-state index contributed by atoms with van der Waals surface area (Å²) in [7, 11) is 0. The zero-order chi connectivity index (χ0) is 13.7. The molecule has 1 N–H and O–H groups in total. The van der Waals surface area contributed by atoms with E-state index in [9.17, 15) is 4.79 Å². The number of amides is 1. The Bertz CT molecular complexity index is 490. The van der Waals surface area contributed by atoms with Crippen LogP contribution in [-0.4, -0.2) is 11.9 Å². The van der Waals surface area contributed by atoms with Crippen LogP contribution in [-0.2, 0) is 0 Å². The van der Waals surface area contributed by atoms with Crippen LogP contribution >= 0.6 is 0 Å². The smallest absolute Gasteiger partial charge is 0.251 e. The van der Waals surface area contributed by atoms with E-state index >= 15 is 0 Å². The van der Waals surface area contributed by atoms with E-state index < -0.39 is 0 Å². The monoisotopic (exact) mass is 256 g/mol. The van der Waals surface area contributed by atoms with Crippen LogP contribution in [0.5, 0.6) is 0 Å². The third-order valence-electron chi connectivity index (χ3n) is 3.93. The lowest BCUT2D eigenvalue weighted by Gasteiger charge is -2.22. The average Bonchev–Trinajstić information content (AvgIpc) is 2.64. The maximum absolute atomic E-state index is 12.2. The van der Waals surface area contributed by atoms with Crippen molar-refractivity contribution in [3.05, 3.63) is 35.4 Å². The number of rotatable bonds is 2. The van der Waals surface area contributed by atoms with Gasteiger partial charge in [0.15, 0.2) is 0 Å². The summed E-state index contributed by atoms with van der Waals surface area (Å²) in [5.74, 6) is 0.474. The first kappa shape index (κ1) is 13.6. The number of nitrogens with one attached hydrogen (secondary N) is 1. The van der Waals surface area contributed by atoms with Crippen LogP contribution < -0.4 is 5.32 Å². The fraction of sp³-hybridized carbons (Fsp3) is 0.500. The number of hydrogen-bond donors (Lipinski definition) is 1. The molecule has 1 aliphatic carbocycles. The Hall–Kier alpha value is -1.82. The van der Waals surface area contributed by atoms with Crippen LogP contribution in [0.3, 0.4) is 0 Å². The van der Waals surface area contributed by atoms with Crippen molar-refractivity contribution in [1.82, 2.24) is 5.32 Å². The molecule has 0 heterocycles. The van der Waals surface area contributed by atoms with Crippen molar-refractivity contribution in [2.45, 2.75) is 45.1 Å². The molecule has 0 aromatic heterocycles. The lowest BCUT2D eigenvalue weighted by atomic mass is 9.96. The van der Waals surface area contributed by atoms with E-state index in [2.05, 4.69) is 18.3 Å². The highest BCUT2D eigenvalue weighted by atomic mass is 16.1. The van der Waals surface area contributed by atoms with E-state index in [1.165, 1.54) is 25.7 Å². The molecule has 3 heteroatoms. The molecule has 0 radical (unpaired) electrons. The molecule has 1 fully saturated rings. The van der Waals surface area contributed by atoms with E-state index in [0.29, 0.717) is 17.0 Å². The topological polar surface area (TPSA) is 52.9 Å². The fourth-order valence-corrected chi connectivity index (χ4v) is 2.69. The summed E-state index contributed by atoms with van der Waals surface area (Å²) < 4.78 is 0.